The van der Waals surface area contributed by atoms with E-state index in [9.17, 15) is 0 Å². The summed E-state index contributed by atoms with van der Waals surface area (Å²) >= 11 is 0. The van der Waals surface area contributed by atoms with Crippen molar-refractivity contribution in [2.24, 2.45) is 0 Å². The lowest BCUT2D eigenvalue weighted by Gasteiger charge is -2.10. The minimum Gasteiger partial charge on any atom is -0.0815 e. The molecule has 0 amide bonds. The molecule has 0 saturated carbocycles. The predicted octanol–water partition coefficient (Wildman–Crippen LogP) is 4.99. The highest BCUT2D eigenvalue weighted by atomic mass is 14.3. The first-order chi connectivity index (χ1) is 8.00. The van der Waals surface area contributed by atoms with Crippen LogP contribution in [0.15, 0.2) is 29.4 Å². The van der Waals surface area contributed by atoms with Gasteiger partial charge in [0.05, 0.1) is 0 Å². The van der Waals surface area contributed by atoms with Crippen molar-refractivity contribution in [1.82, 2.24) is 0 Å². The molecule has 0 N–H and O–H groups in total. The smallest absolute Gasteiger partial charge is 0.00549 e. The van der Waals surface area contributed by atoms with E-state index in [1.807, 2.05) is 0 Å². The van der Waals surface area contributed by atoms with Crippen molar-refractivity contribution in [3.63, 3.8) is 0 Å². The summed E-state index contributed by atoms with van der Waals surface area (Å²) in [6.45, 7) is 11.1. The highest BCUT2D eigenvalue weighted by Crippen LogP contribution is 2.38. The third-order valence-electron chi connectivity index (χ3n) is 3.73. The van der Waals surface area contributed by atoms with Crippen molar-refractivity contribution < 1.29 is 0 Å². The first kappa shape index (κ1) is 12.2. The van der Waals surface area contributed by atoms with Gasteiger partial charge in [-0.1, -0.05) is 29.4 Å². The van der Waals surface area contributed by atoms with E-state index in [1.165, 1.54) is 22.3 Å². The van der Waals surface area contributed by atoms with E-state index >= 15 is 0 Å². The molecule has 1 aromatic carbocycles. The molecule has 0 atom stereocenters. The Labute approximate surface area is 105 Å². The molecule has 0 radical (unpaired) electrons. The topological polar surface area (TPSA) is 0 Å². The number of fused-ring (bicyclic) bond motifs is 1. The number of hydrogen-bond acceptors (Lipinski definition) is 0. The van der Waals surface area contributed by atoms with Crippen LogP contribution in [0.3, 0.4) is 0 Å². The number of hydrogen-bond donors (Lipinski definition) is 0. The zero-order valence-corrected chi connectivity index (χ0v) is 11.6. The van der Waals surface area contributed by atoms with Gasteiger partial charge in [0.2, 0.25) is 0 Å². The highest BCUT2D eigenvalue weighted by Gasteiger charge is 2.21. The van der Waals surface area contributed by atoms with E-state index in [4.69, 9.17) is 0 Å². The Morgan fingerprint density at radius 3 is 2.41 bits per heavy atom. The van der Waals surface area contributed by atoms with Gasteiger partial charge in [-0.2, -0.15) is 0 Å². The Bertz CT molecular complexity index is 509. The van der Waals surface area contributed by atoms with Crippen molar-refractivity contribution >= 4 is 5.57 Å². The van der Waals surface area contributed by atoms with E-state index in [2.05, 4.69) is 52.8 Å². The van der Waals surface area contributed by atoms with Crippen LogP contribution in [0, 0.1) is 13.8 Å². The minimum atomic E-state index is 1.09. The number of allylic oxidation sites excluding steroid dienone is 4. The molecule has 0 heteroatoms. The van der Waals surface area contributed by atoms with Gasteiger partial charge < -0.3 is 0 Å². The van der Waals surface area contributed by atoms with Crippen molar-refractivity contribution in [3.8, 4) is 0 Å². The van der Waals surface area contributed by atoms with E-state index in [0.717, 1.165) is 12.8 Å². The Balaban J connectivity index is 2.47. The molecule has 0 bridgehead atoms. The summed E-state index contributed by atoms with van der Waals surface area (Å²) in [4.78, 5) is 0. The molecule has 1 aliphatic rings. The van der Waals surface area contributed by atoms with Crippen LogP contribution in [0.4, 0.5) is 0 Å². The van der Waals surface area contributed by atoms with E-state index in [-0.39, 0.29) is 0 Å². The SMILES string of the molecule is CC(C)=CCC1=C(C)Cc2c(C)ccc(C)c21. The highest BCUT2D eigenvalue weighted by molar-refractivity contribution is 5.79. The second-order valence-electron chi connectivity index (χ2n) is 5.47. The van der Waals surface area contributed by atoms with Gasteiger partial charge in [0, 0.05) is 0 Å². The first-order valence-corrected chi connectivity index (χ1v) is 6.42. The van der Waals surface area contributed by atoms with Crippen LogP contribution in [0.1, 0.15) is 49.4 Å². The normalized spacial score (nSPS) is 13.9. The third kappa shape index (κ3) is 2.22. The summed E-state index contributed by atoms with van der Waals surface area (Å²) < 4.78 is 0. The fraction of sp³-hybridized carbons (Fsp3) is 0.412. The molecule has 0 spiro atoms. The van der Waals surface area contributed by atoms with Gasteiger partial charge in [0.15, 0.2) is 0 Å². The van der Waals surface area contributed by atoms with Gasteiger partial charge in [-0.3, -0.25) is 0 Å². The van der Waals surface area contributed by atoms with Crippen LogP contribution in [0.25, 0.3) is 5.57 Å². The maximum atomic E-state index is 2.34. The summed E-state index contributed by atoms with van der Waals surface area (Å²) in [6, 6.07) is 4.51. The third-order valence-corrected chi connectivity index (χ3v) is 3.73. The Hall–Kier alpha value is -1.30. The quantitative estimate of drug-likeness (QED) is 0.623. The van der Waals surface area contributed by atoms with Crippen LogP contribution in [0.2, 0.25) is 0 Å². The molecule has 90 valence electrons. The van der Waals surface area contributed by atoms with Crippen molar-refractivity contribution in [2.45, 2.75) is 47.5 Å². The minimum absolute atomic E-state index is 1.09. The van der Waals surface area contributed by atoms with Gasteiger partial charge >= 0.3 is 0 Å². The van der Waals surface area contributed by atoms with Gasteiger partial charge in [0.25, 0.3) is 0 Å². The van der Waals surface area contributed by atoms with Crippen molar-refractivity contribution in [3.05, 3.63) is 51.6 Å². The lowest BCUT2D eigenvalue weighted by atomic mass is 9.94. The van der Waals surface area contributed by atoms with Gasteiger partial charge in [-0.15, -0.1) is 0 Å². The largest absolute Gasteiger partial charge is 0.0815 e. The summed E-state index contributed by atoms with van der Waals surface area (Å²) in [7, 11) is 0. The average Bonchev–Trinajstić information content (AvgIpc) is 2.59. The van der Waals surface area contributed by atoms with Crippen LogP contribution < -0.4 is 0 Å². The number of aryl methyl sites for hydroxylation is 2. The fourth-order valence-electron chi connectivity index (χ4n) is 2.68. The number of rotatable bonds is 2. The van der Waals surface area contributed by atoms with Crippen LogP contribution >= 0.6 is 0 Å². The molecule has 0 saturated heterocycles. The molecule has 0 fully saturated rings. The monoisotopic (exact) mass is 226 g/mol. The zero-order chi connectivity index (χ0) is 12.6. The zero-order valence-electron chi connectivity index (χ0n) is 11.6. The van der Waals surface area contributed by atoms with Gasteiger partial charge in [-0.25, -0.2) is 0 Å². The summed E-state index contributed by atoms with van der Waals surface area (Å²) in [5, 5.41) is 0. The average molecular weight is 226 g/mol. The summed E-state index contributed by atoms with van der Waals surface area (Å²) in [6.07, 6.45) is 4.58. The second-order valence-corrected chi connectivity index (χ2v) is 5.47. The lowest BCUT2D eigenvalue weighted by molar-refractivity contribution is 1.15. The van der Waals surface area contributed by atoms with Crippen LogP contribution in [-0.4, -0.2) is 0 Å². The van der Waals surface area contributed by atoms with Crippen molar-refractivity contribution in [2.75, 3.05) is 0 Å². The molecule has 17 heavy (non-hydrogen) atoms. The van der Waals surface area contributed by atoms with Crippen LogP contribution in [0.5, 0.6) is 0 Å². The molecular weight excluding hydrogens is 204 g/mol. The maximum Gasteiger partial charge on any atom is -0.00549 e. The maximum absolute atomic E-state index is 2.34. The van der Waals surface area contributed by atoms with Crippen LogP contribution in [-0.2, 0) is 6.42 Å². The van der Waals surface area contributed by atoms with E-state index in [0.29, 0.717) is 0 Å². The number of benzene rings is 1. The Kier molecular flexibility index (Phi) is 3.24. The molecule has 0 nitrogen and oxygen atoms in total. The molecule has 2 rings (SSSR count). The second kappa shape index (κ2) is 4.52. The molecular formula is C17H22. The predicted molar refractivity (Wildman–Crippen MR) is 76.3 cm³/mol. The van der Waals surface area contributed by atoms with E-state index < -0.39 is 0 Å². The summed E-state index contributed by atoms with van der Waals surface area (Å²) in [5.41, 5.74) is 10.5. The lowest BCUT2D eigenvalue weighted by Crippen LogP contribution is -1.92. The molecule has 1 aromatic rings. The van der Waals surface area contributed by atoms with E-state index in [1.54, 1.807) is 16.7 Å². The van der Waals surface area contributed by atoms with Gasteiger partial charge in [0.1, 0.15) is 0 Å². The molecule has 0 aromatic heterocycles. The summed E-state index contributed by atoms with van der Waals surface area (Å²) in [5.74, 6) is 0. The standard InChI is InChI=1S/C17H22/c1-11(2)6-9-15-14(5)10-16-12(3)7-8-13(4)17(15)16/h6-8H,9-10H2,1-5H3. The Morgan fingerprint density at radius 2 is 1.76 bits per heavy atom. The molecule has 0 unspecified atom stereocenters. The Morgan fingerprint density at radius 1 is 1.12 bits per heavy atom. The fourth-order valence-corrected chi connectivity index (χ4v) is 2.68. The molecule has 0 heterocycles. The first-order valence-electron chi connectivity index (χ1n) is 6.42. The molecule has 1 aliphatic carbocycles. The molecule has 0 aliphatic heterocycles. The van der Waals surface area contributed by atoms with Gasteiger partial charge in [-0.05, 0) is 75.3 Å². The van der Waals surface area contributed by atoms with Crippen molar-refractivity contribution in [1.29, 1.82) is 0 Å².